The lowest BCUT2D eigenvalue weighted by molar-refractivity contribution is 0.0941. The van der Waals surface area contributed by atoms with E-state index in [0.717, 1.165) is 11.8 Å². The van der Waals surface area contributed by atoms with Gasteiger partial charge in [0.1, 0.15) is 11.2 Å². The molecule has 0 spiro atoms. The molecule has 168 valence electrons. The normalized spacial score (nSPS) is 11.6. The molecule has 0 saturated carbocycles. The molecule has 3 heterocycles. The Morgan fingerprint density at radius 2 is 1.85 bits per heavy atom. The molecule has 0 atom stereocenters. The number of fused-ring (bicyclic) bond motifs is 1. The van der Waals surface area contributed by atoms with Crippen molar-refractivity contribution < 1.29 is 13.2 Å². The van der Waals surface area contributed by atoms with Crippen LogP contribution in [0.25, 0.3) is 27.8 Å². The van der Waals surface area contributed by atoms with Crippen LogP contribution >= 0.6 is 0 Å². The van der Waals surface area contributed by atoms with Gasteiger partial charge >= 0.3 is 0 Å². The molecule has 4 aromatic rings. The van der Waals surface area contributed by atoms with E-state index >= 15 is 0 Å². The van der Waals surface area contributed by atoms with Gasteiger partial charge in [0.25, 0.3) is 5.91 Å². The average Bonchev–Trinajstić information content (AvgIpc) is 2.78. The van der Waals surface area contributed by atoms with E-state index in [9.17, 15) is 18.0 Å². The minimum atomic E-state index is -3.41. The third kappa shape index (κ3) is 4.54. The number of sulfone groups is 1. The summed E-state index contributed by atoms with van der Waals surface area (Å²) in [7, 11) is -3.41. The monoisotopic (exact) mass is 462 g/mol. The second kappa shape index (κ2) is 8.59. The quantitative estimate of drug-likeness (QED) is 0.488. The molecule has 0 aliphatic carbocycles. The summed E-state index contributed by atoms with van der Waals surface area (Å²) < 4.78 is 25.6. The van der Waals surface area contributed by atoms with Crippen molar-refractivity contribution >= 4 is 26.8 Å². The highest BCUT2D eigenvalue weighted by atomic mass is 32.2. The van der Waals surface area contributed by atoms with Gasteiger partial charge in [0.15, 0.2) is 9.84 Å². The number of aromatic nitrogens is 3. The van der Waals surface area contributed by atoms with Crippen molar-refractivity contribution in [3.8, 4) is 16.8 Å². The van der Waals surface area contributed by atoms with Gasteiger partial charge in [-0.1, -0.05) is 12.1 Å². The van der Waals surface area contributed by atoms with Crippen LogP contribution in [-0.2, 0) is 9.84 Å². The largest absolute Gasteiger partial charge is 0.350 e. The van der Waals surface area contributed by atoms with Gasteiger partial charge in [0.05, 0.1) is 10.3 Å². The lowest BCUT2D eigenvalue weighted by atomic mass is 10.1. The van der Waals surface area contributed by atoms with Gasteiger partial charge in [-0.3, -0.25) is 14.6 Å². The smallest absolute Gasteiger partial charge is 0.256 e. The van der Waals surface area contributed by atoms with Crippen molar-refractivity contribution in [1.82, 2.24) is 19.9 Å². The predicted octanol–water partition coefficient (Wildman–Crippen LogP) is 2.99. The van der Waals surface area contributed by atoms with E-state index in [0.29, 0.717) is 22.3 Å². The van der Waals surface area contributed by atoms with Crippen molar-refractivity contribution in [3.63, 3.8) is 0 Å². The van der Waals surface area contributed by atoms with Crippen LogP contribution in [-0.4, -0.2) is 41.2 Å². The number of carbonyl (C=O) groups excluding carboxylic acids is 1. The molecule has 8 nitrogen and oxygen atoms in total. The molecule has 0 fully saturated rings. The maximum atomic E-state index is 13.0. The number of rotatable bonds is 5. The van der Waals surface area contributed by atoms with Crippen LogP contribution in [0.5, 0.6) is 0 Å². The van der Waals surface area contributed by atoms with E-state index in [1.165, 1.54) is 12.4 Å². The number of hydrogen-bond acceptors (Lipinski definition) is 6. The summed E-state index contributed by atoms with van der Waals surface area (Å²) in [5.74, 6) is -0.462. The lowest BCUT2D eigenvalue weighted by Gasteiger charge is -2.15. The molecule has 1 amide bonds. The zero-order valence-electron chi connectivity index (χ0n) is 18.3. The topological polar surface area (TPSA) is 111 Å². The number of pyridine rings is 3. The molecule has 0 radical (unpaired) electrons. The summed E-state index contributed by atoms with van der Waals surface area (Å²) >= 11 is 0. The van der Waals surface area contributed by atoms with Crippen molar-refractivity contribution in [2.75, 3.05) is 6.26 Å². The molecule has 9 heteroatoms. The Hall–Kier alpha value is -3.85. The van der Waals surface area contributed by atoms with Gasteiger partial charge in [-0.05, 0) is 49.7 Å². The molecular formula is C24H22N4O4S. The van der Waals surface area contributed by atoms with E-state index in [1.54, 1.807) is 41.2 Å². The van der Waals surface area contributed by atoms with E-state index in [4.69, 9.17) is 0 Å². The SMILES string of the molecule is CC(C)NC(=O)c1cn(-c2cccc(-c3cncc(S(C)(=O)=O)c3)c2)c2ncccc2c1=O. The van der Waals surface area contributed by atoms with Crippen molar-refractivity contribution in [1.29, 1.82) is 0 Å². The molecule has 1 aromatic carbocycles. The molecule has 0 bridgehead atoms. The molecule has 0 aliphatic rings. The first-order chi connectivity index (χ1) is 15.6. The van der Waals surface area contributed by atoms with E-state index in [-0.39, 0.29) is 16.5 Å². The summed E-state index contributed by atoms with van der Waals surface area (Å²) in [5.41, 5.74) is 2.02. The summed E-state index contributed by atoms with van der Waals surface area (Å²) in [6, 6.07) is 12.0. The maximum absolute atomic E-state index is 13.0. The van der Waals surface area contributed by atoms with Gasteiger partial charge in [0.2, 0.25) is 5.43 Å². The molecule has 33 heavy (non-hydrogen) atoms. The number of carbonyl (C=O) groups is 1. The molecule has 0 saturated heterocycles. The van der Waals surface area contributed by atoms with E-state index in [2.05, 4.69) is 15.3 Å². The molecule has 0 unspecified atom stereocenters. The minimum absolute atomic E-state index is 0.00958. The first kappa shape index (κ1) is 22.3. The van der Waals surface area contributed by atoms with Crippen molar-refractivity contribution in [2.24, 2.45) is 0 Å². The van der Waals surface area contributed by atoms with Gasteiger partial charge < -0.3 is 9.88 Å². The zero-order chi connectivity index (χ0) is 23.8. The third-order valence-corrected chi connectivity index (χ3v) is 6.11. The van der Waals surface area contributed by atoms with Gasteiger partial charge in [-0.2, -0.15) is 0 Å². The summed E-state index contributed by atoms with van der Waals surface area (Å²) in [6.45, 7) is 3.64. The van der Waals surface area contributed by atoms with Crippen molar-refractivity contribution in [3.05, 3.63) is 83.0 Å². The van der Waals surface area contributed by atoms with Crippen LogP contribution in [0, 0.1) is 0 Å². The van der Waals surface area contributed by atoms with Crippen LogP contribution in [0.2, 0.25) is 0 Å². The fourth-order valence-corrected chi connectivity index (χ4v) is 4.07. The molecule has 0 aliphatic heterocycles. The van der Waals surface area contributed by atoms with Crippen LogP contribution in [0.3, 0.4) is 0 Å². The second-order valence-corrected chi connectivity index (χ2v) is 9.99. The number of nitrogens with zero attached hydrogens (tertiary/aromatic N) is 3. The van der Waals surface area contributed by atoms with Gasteiger partial charge in [-0.25, -0.2) is 13.4 Å². The zero-order valence-corrected chi connectivity index (χ0v) is 19.1. The number of amides is 1. The fourth-order valence-electron chi connectivity index (χ4n) is 3.47. The standard InChI is InChI=1S/C24H22N4O4S/c1-15(2)27-24(30)21-14-28(23-20(22(21)29)8-5-9-26-23)18-7-4-6-16(10-18)17-11-19(13-25-12-17)33(3,31)32/h4-15H,1-3H3,(H,27,30). The Kier molecular flexibility index (Phi) is 5.82. The minimum Gasteiger partial charge on any atom is -0.350 e. The summed E-state index contributed by atoms with van der Waals surface area (Å²) in [4.78, 5) is 34.2. The average molecular weight is 463 g/mol. The highest BCUT2D eigenvalue weighted by molar-refractivity contribution is 7.90. The fraction of sp³-hybridized carbons (Fsp3) is 0.167. The predicted molar refractivity (Wildman–Crippen MR) is 126 cm³/mol. The van der Waals surface area contributed by atoms with Crippen LogP contribution in [0.1, 0.15) is 24.2 Å². The Bertz CT molecular complexity index is 1540. The Labute approximate surface area is 190 Å². The van der Waals surface area contributed by atoms with Crippen molar-refractivity contribution in [2.45, 2.75) is 24.8 Å². The third-order valence-electron chi connectivity index (χ3n) is 5.03. The molecular weight excluding hydrogens is 440 g/mol. The van der Waals surface area contributed by atoms with Gasteiger partial charge in [0, 0.05) is 48.3 Å². The molecule has 1 N–H and O–H groups in total. The lowest BCUT2D eigenvalue weighted by Crippen LogP contribution is -2.34. The number of hydrogen-bond donors (Lipinski definition) is 1. The number of nitrogens with one attached hydrogen (secondary N) is 1. The first-order valence-electron chi connectivity index (χ1n) is 10.2. The summed E-state index contributed by atoms with van der Waals surface area (Å²) in [5, 5.41) is 3.08. The molecule has 3 aromatic heterocycles. The van der Waals surface area contributed by atoms with Crippen LogP contribution in [0.15, 0.2) is 76.9 Å². The Morgan fingerprint density at radius 1 is 1.06 bits per heavy atom. The van der Waals surface area contributed by atoms with E-state index in [1.807, 2.05) is 32.0 Å². The number of benzene rings is 1. The van der Waals surface area contributed by atoms with Crippen LogP contribution < -0.4 is 10.7 Å². The van der Waals surface area contributed by atoms with Gasteiger partial charge in [-0.15, -0.1) is 0 Å². The maximum Gasteiger partial charge on any atom is 0.256 e. The van der Waals surface area contributed by atoms with Crippen LogP contribution in [0.4, 0.5) is 0 Å². The second-order valence-electron chi connectivity index (χ2n) is 7.98. The highest BCUT2D eigenvalue weighted by Crippen LogP contribution is 2.25. The first-order valence-corrected chi connectivity index (χ1v) is 12.1. The molecule has 4 rings (SSSR count). The van der Waals surface area contributed by atoms with E-state index < -0.39 is 21.2 Å². The Morgan fingerprint density at radius 3 is 2.58 bits per heavy atom. The Balaban J connectivity index is 1.91. The summed E-state index contributed by atoms with van der Waals surface area (Å²) in [6.07, 6.45) is 7.08. The highest BCUT2D eigenvalue weighted by Gasteiger charge is 2.18.